The van der Waals surface area contributed by atoms with E-state index in [9.17, 15) is 8.78 Å². The van der Waals surface area contributed by atoms with E-state index >= 15 is 0 Å². The molecule has 2 rings (SSSR count). The van der Waals surface area contributed by atoms with E-state index in [-0.39, 0.29) is 4.90 Å². The van der Waals surface area contributed by atoms with Crippen LogP contribution in [0.4, 0.5) is 8.78 Å². The molecule has 0 heterocycles. The Kier molecular flexibility index (Phi) is 3.40. The quantitative estimate of drug-likeness (QED) is 0.586. The Morgan fingerprint density at radius 2 is 1.53 bits per heavy atom. The highest BCUT2D eigenvalue weighted by atomic mass is 32.2. The fourth-order valence-corrected chi connectivity index (χ4v) is 1.90. The van der Waals surface area contributed by atoms with E-state index in [4.69, 9.17) is 5.26 Å². The third kappa shape index (κ3) is 2.45. The van der Waals surface area contributed by atoms with Crippen molar-refractivity contribution in [3.8, 4) is 16.5 Å². The van der Waals surface area contributed by atoms with Gasteiger partial charge in [0, 0.05) is 0 Å². The van der Waals surface area contributed by atoms with E-state index < -0.39 is 11.6 Å². The maximum atomic E-state index is 13.6. The maximum absolute atomic E-state index is 13.6. The predicted molar refractivity (Wildman–Crippen MR) is 63.3 cm³/mol. The molecule has 0 atom stereocenters. The van der Waals surface area contributed by atoms with Crippen LogP contribution in [0, 0.1) is 22.3 Å². The first-order valence-electron chi connectivity index (χ1n) is 4.83. The molecule has 0 radical (unpaired) electrons. The zero-order valence-electron chi connectivity index (χ0n) is 8.65. The summed E-state index contributed by atoms with van der Waals surface area (Å²) in [5.41, 5.74) is 1.20. The Morgan fingerprint density at radius 3 is 2.06 bits per heavy atom. The summed E-state index contributed by atoms with van der Waals surface area (Å²) in [5, 5.41) is 10.1. The van der Waals surface area contributed by atoms with E-state index in [2.05, 4.69) is 0 Å². The molecular formula is C13H7F2NS. The summed E-state index contributed by atoms with van der Waals surface area (Å²) in [5.74, 6) is -1.43. The van der Waals surface area contributed by atoms with Crippen LogP contribution >= 0.6 is 11.8 Å². The monoisotopic (exact) mass is 247 g/mol. The molecule has 2 aromatic rings. The van der Waals surface area contributed by atoms with Gasteiger partial charge in [-0.15, -0.1) is 0 Å². The van der Waals surface area contributed by atoms with Crippen LogP contribution in [0.25, 0.3) is 11.1 Å². The van der Waals surface area contributed by atoms with Crippen molar-refractivity contribution in [1.82, 2.24) is 0 Å². The molecule has 0 aliphatic rings. The molecule has 0 aliphatic heterocycles. The van der Waals surface area contributed by atoms with Gasteiger partial charge in [0.25, 0.3) is 0 Å². The minimum Gasteiger partial charge on any atom is -0.206 e. The second-order valence-corrected chi connectivity index (χ2v) is 4.12. The van der Waals surface area contributed by atoms with E-state index in [1.165, 1.54) is 12.1 Å². The first-order valence-corrected chi connectivity index (χ1v) is 5.64. The van der Waals surface area contributed by atoms with Gasteiger partial charge in [0.1, 0.15) is 17.0 Å². The highest BCUT2D eigenvalue weighted by molar-refractivity contribution is 8.03. The molecule has 1 nitrogen and oxygen atoms in total. The van der Waals surface area contributed by atoms with Gasteiger partial charge in [0.15, 0.2) is 0 Å². The standard InChI is InChI=1S/C13H7F2NS/c14-11-6-10(9-4-2-1-3-5-9)7-12(15)13(11)17-8-16/h1-7H. The van der Waals surface area contributed by atoms with Gasteiger partial charge in [-0.05, 0) is 35.0 Å². The van der Waals surface area contributed by atoms with Crippen molar-refractivity contribution in [3.63, 3.8) is 0 Å². The van der Waals surface area contributed by atoms with Crippen molar-refractivity contribution in [1.29, 1.82) is 5.26 Å². The molecule has 0 N–H and O–H groups in total. The summed E-state index contributed by atoms with van der Waals surface area (Å²) in [6, 6.07) is 11.4. The van der Waals surface area contributed by atoms with Gasteiger partial charge >= 0.3 is 0 Å². The smallest absolute Gasteiger partial charge is 0.141 e. The number of halogens is 2. The Bertz CT molecular complexity index is 553. The molecule has 2 aromatic carbocycles. The summed E-state index contributed by atoms with van der Waals surface area (Å²) in [6.45, 7) is 0. The van der Waals surface area contributed by atoms with Crippen LogP contribution in [0.2, 0.25) is 0 Å². The van der Waals surface area contributed by atoms with Crippen LogP contribution in [0.3, 0.4) is 0 Å². The Labute approximate surface area is 102 Å². The molecular weight excluding hydrogens is 240 g/mol. The predicted octanol–water partition coefficient (Wildman–Crippen LogP) is 4.20. The SMILES string of the molecule is N#CSc1c(F)cc(-c2ccccc2)cc1F. The molecule has 0 aromatic heterocycles. The fourth-order valence-electron chi connectivity index (χ4n) is 1.50. The van der Waals surface area contributed by atoms with Crippen molar-refractivity contribution < 1.29 is 8.78 Å². The van der Waals surface area contributed by atoms with Crippen LogP contribution < -0.4 is 0 Å². The van der Waals surface area contributed by atoms with Crippen LogP contribution in [0.5, 0.6) is 0 Å². The zero-order valence-corrected chi connectivity index (χ0v) is 9.47. The topological polar surface area (TPSA) is 23.8 Å². The van der Waals surface area contributed by atoms with E-state index in [1.807, 2.05) is 6.07 Å². The highest BCUT2D eigenvalue weighted by Gasteiger charge is 2.12. The number of hydrogen-bond donors (Lipinski definition) is 0. The zero-order chi connectivity index (χ0) is 12.3. The van der Waals surface area contributed by atoms with Crippen molar-refractivity contribution in [2.24, 2.45) is 0 Å². The lowest BCUT2D eigenvalue weighted by molar-refractivity contribution is 0.542. The summed E-state index contributed by atoms with van der Waals surface area (Å²) in [7, 11) is 0. The molecule has 4 heteroatoms. The average molecular weight is 247 g/mol. The summed E-state index contributed by atoms with van der Waals surface area (Å²) in [4.78, 5) is -0.257. The third-order valence-electron chi connectivity index (χ3n) is 2.25. The lowest BCUT2D eigenvalue weighted by Crippen LogP contribution is -1.89. The van der Waals surface area contributed by atoms with Gasteiger partial charge < -0.3 is 0 Å². The second-order valence-electron chi connectivity index (χ2n) is 3.33. The fraction of sp³-hybridized carbons (Fsp3) is 0. The molecule has 84 valence electrons. The lowest BCUT2D eigenvalue weighted by atomic mass is 10.1. The molecule has 0 amide bonds. The molecule has 0 saturated carbocycles. The molecule has 0 spiro atoms. The van der Waals surface area contributed by atoms with Crippen molar-refractivity contribution in [2.75, 3.05) is 0 Å². The Hall–Kier alpha value is -1.86. The Morgan fingerprint density at radius 1 is 0.941 bits per heavy atom. The normalized spacial score (nSPS) is 9.94. The average Bonchev–Trinajstić information content (AvgIpc) is 2.35. The minimum atomic E-state index is -0.713. The van der Waals surface area contributed by atoms with Gasteiger partial charge in [0.2, 0.25) is 0 Å². The molecule has 0 saturated heterocycles. The van der Waals surface area contributed by atoms with Crippen molar-refractivity contribution >= 4 is 11.8 Å². The minimum absolute atomic E-state index is 0.257. The van der Waals surface area contributed by atoms with E-state index in [1.54, 1.807) is 29.7 Å². The number of rotatable bonds is 2. The number of nitriles is 1. The van der Waals surface area contributed by atoms with Crippen molar-refractivity contribution in [3.05, 3.63) is 54.1 Å². The number of benzene rings is 2. The van der Waals surface area contributed by atoms with Gasteiger partial charge in [0.05, 0.1) is 4.90 Å². The summed E-state index contributed by atoms with van der Waals surface area (Å²) >= 11 is 0.488. The third-order valence-corrected chi connectivity index (χ3v) is 2.94. The van der Waals surface area contributed by atoms with Gasteiger partial charge in [-0.2, -0.15) is 5.26 Å². The lowest BCUT2D eigenvalue weighted by Gasteiger charge is -2.05. The molecule has 0 unspecified atom stereocenters. The van der Waals surface area contributed by atoms with E-state index in [0.717, 1.165) is 5.56 Å². The molecule has 17 heavy (non-hydrogen) atoms. The first-order chi connectivity index (χ1) is 8.22. The molecule has 0 bridgehead atoms. The van der Waals surface area contributed by atoms with E-state index in [0.29, 0.717) is 17.3 Å². The Balaban J connectivity index is 2.50. The number of thiocyanates is 1. The highest BCUT2D eigenvalue weighted by Crippen LogP contribution is 2.29. The van der Waals surface area contributed by atoms with Gasteiger partial charge in [-0.25, -0.2) is 8.78 Å². The van der Waals surface area contributed by atoms with Crippen LogP contribution in [-0.4, -0.2) is 0 Å². The molecule has 0 fully saturated rings. The maximum Gasteiger partial charge on any atom is 0.141 e. The largest absolute Gasteiger partial charge is 0.206 e. The number of hydrogen-bond acceptors (Lipinski definition) is 2. The summed E-state index contributed by atoms with van der Waals surface area (Å²) < 4.78 is 27.1. The van der Waals surface area contributed by atoms with Gasteiger partial charge in [-0.3, -0.25) is 0 Å². The van der Waals surface area contributed by atoms with Gasteiger partial charge in [-0.1, -0.05) is 30.3 Å². The van der Waals surface area contributed by atoms with Crippen LogP contribution in [-0.2, 0) is 0 Å². The van der Waals surface area contributed by atoms with Crippen molar-refractivity contribution in [2.45, 2.75) is 4.90 Å². The second kappa shape index (κ2) is 4.98. The molecule has 0 aliphatic carbocycles. The van der Waals surface area contributed by atoms with Crippen LogP contribution in [0.1, 0.15) is 0 Å². The number of thioether (sulfide) groups is 1. The number of nitrogens with zero attached hydrogens (tertiary/aromatic N) is 1. The van der Waals surface area contributed by atoms with Crippen LogP contribution in [0.15, 0.2) is 47.4 Å². The summed E-state index contributed by atoms with van der Waals surface area (Å²) in [6.07, 6.45) is 0. The first kappa shape index (κ1) is 11.6.